The molecule has 0 aromatic heterocycles. The molecule has 2 aliphatic rings. The molecule has 1 saturated heterocycles. The molecule has 1 fully saturated rings. The highest BCUT2D eigenvalue weighted by molar-refractivity contribution is 6.31. The molecule has 1 aliphatic carbocycles. The molecule has 1 aliphatic heterocycles. The molecule has 96 valence electrons. The topological polar surface area (TPSA) is 43.7 Å². The maximum atomic E-state index is 10.8. The van der Waals surface area contributed by atoms with Gasteiger partial charge in [-0.25, -0.2) is 0 Å². The Morgan fingerprint density at radius 2 is 1.94 bits per heavy atom. The smallest absolute Gasteiger partial charge is 0.119 e. The van der Waals surface area contributed by atoms with Crippen LogP contribution >= 0.6 is 11.6 Å². The van der Waals surface area contributed by atoms with Crippen molar-refractivity contribution in [3.05, 3.63) is 23.3 Å². The van der Waals surface area contributed by atoms with Crippen LogP contribution in [0.5, 0.6) is 0 Å². The molecule has 2 atom stereocenters. The van der Waals surface area contributed by atoms with Gasteiger partial charge in [0.1, 0.15) is 5.60 Å². The van der Waals surface area contributed by atoms with E-state index < -0.39 is 11.2 Å². The SMILES string of the molecule is CC1C=CC(Cl)=CC1(O)C1(O)CCN(C)CC1. The van der Waals surface area contributed by atoms with E-state index in [0.29, 0.717) is 17.9 Å². The first-order valence-electron chi connectivity index (χ1n) is 6.07. The van der Waals surface area contributed by atoms with Crippen molar-refractivity contribution < 1.29 is 10.2 Å². The molecule has 0 radical (unpaired) electrons. The fourth-order valence-corrected chi connectivity index (χ4v) is 2.96. The lowest BCUT2D eigenvalue weighted by Crippen LogP contribution is -2.61. The Kier molecular flexibility index (Phi) is 3.38. The summed E-state index contributed by atoms with van der Waals surface area (Å²) in [6.45, 7) is 3.49. The van der Waals surface area contributed by atoms with Crippen LogP contribution < -0.4 is 0 Å². The zero-order valence-corrected chi connectivity index (χ0v) is 11.1. The quantitative estimate of drug-likeness (QED) is 0.748. The lowest BCUT2D eigenvalue weighted by atomic mass is 9.68. The van der Waals surface area contributed by atoms with E-state index in [-0.39, 0.29) is 5.92 Å². The van der Waals surface area contributed by atoms with Gasteiger partial charge in [0.05, 0.1) is 5.60 Å². The van der Waals surface area contributed by atoms with Crippen LogP contribution in [-0.4, -0.2) is 46.5 Å². The van der Waals surface area contributed by atoms with Gasteiger partial charge in [0.25, 0.3) is 0 Å². The van der Waals surface area contributed by atoms with E-state index in [4.69, 9.17) is 11.6 Å². The number of hydrogen-bond donors (Lipinski definition) is 2. The lowest BCUT2D eigenvalue weighted by molar-refractivity contribution is -0.164. The number of piperidine rings is 1. The zero-order valence-electron chi connectivity index (χ0n) is 10.4. The second-order valence-corrected chi connectivity index (χ2v) is 5.77. The first-order valence-corrected chi connectivity index (χ1v) is 6.45. The summed E-state index contributed by atoms with van der Waals surface area (Å²) in [4.78, 5) is 2.16. The molecule has 0 amide bonds. The van der Waals surface area contributed by atoms with Gasteiger partial charge in [0.15, 0.2) is 0 Å². The van der Waals surface area contributed by atoms with E-state index in [2.05, 4.69) is 4.90 Å². The Morgan fingerprint density at radius 3 is 2.53 bits per heavy atom. The van der Waals surface area contributed by atoms with Gasteiger partial charge in [0.2, 0.25) is 0 Å². The van der Waals surface area contributed by atoms with Crippen molar-refractivity contribution in [1.29, 1.82) is 0 Å². The van der Waals surface area contributed by atoms with Crippen LogP contribution in [0.4, 0.5) is 0 Å². The second kappa shape index (κ2) is 4.39. The number of hydrogen-bond acceptors (Lipinski definition) is 3. The van der Waals surface area contributed by atoms with E-state index in [1.807, 2.05) is 20.0 Å². The average molecular weight is 258 g/mol. The van der Waals surface area contributed by atoms with Gasteiger partial charge in [-0.05, 0) is 32.0 Å². The van der Waals surface area contributed by atoms with Crippen LogP contribution in [-0.2, 0) is 0 Å². The van der Waals surface area contributed by atoms with Crippen LogP contribution in [0.3, 0.4) is 0 Å². The van der Waals surface area contributed by atoms with E-state index in [1.165, 1.54) is 0 Å². The van der Waals surface area contributed by atoms with Crippen LogP contribution in [0.25, 0.3) is 0 Å². The van der Waals surface area contributed by atoms with Crippen molar-refractivity contribution in [3.63, 3.8) is 0 Å². The average Bonchev–Trinajstić information content (AvgIpc) is 2.28. The van der Waals surface area contributed by atoms with E-state index >= 15 is 0 Å². The molecule has 0 spiro atoms. The molecular weight excluding hydrogens is 238 g/mol. The van der Waals surface area contributed by atoms with Gasteiger partial charge in [-0.3, -0.25) is 0 Å². The number of aliphatic hydroxyl groups is 2. The van der Waals surface area contributed by atoms with Gasteiger partial charge < -0.3 is 15.1 Å². The monoisotopic (exact) mass is 257 g/mol. The van der Waals surface area contributed by atoms with Gasteiger partial charge in [0, 0.05) is 24.0 Å². The minimum absolute atomic E-state index is 0.126. The number of rotatable bonds is 1. The summed E-state index contributed by atoms with van der Waals surface area (Å²) >= 11 is 5.97. The Hall–Kier alpha value is -0.350. The van der Waals surface area contributed by atoms with Crippen LogP contribution in [0.2, 0.25) is 0 Å². The third kappa shape index (κ3) is 2.17. The second-order valence-electron chi connectivity index (χ2n) is 5.34. The lowest BCUT2D eigenvalue weighted by Gasteiger charge is -2.49. The van der Waals surface area contributed by atoms with E-state index in [0.717, 1.165) is 13.1 Å². The molecular formula is C13H20ClNO2. The summed E-state index contributed by atoms with van der Waals surface area (Å²) in [5, 5.41) is 22.0. The van der Waals surface area contributed by atoms with Crippen LogP contribution in [0.1, 0.15) is 19.8 Å². The molecule has 0 aromatic carbocycles. The summed E-state index contributed by atoms with van der Waals surface area (Å²) in [6.07, 6.45) is 6.37. The highest BCUT2D eigenvalue weighted by Gasteiger charge is 2.52. The number of halogens is 1. The minimum atomic E-state index is -1.25. The molecule has 2 rings (SSSR count). The maximum absolute atomic E-state index is 10.8. The fraction of sp³-hybridized carbons (Fsp3) is 0.692. The van der Waals surface area contributed by atoms with Crippen molar-refractivity contribution in [2.24, 2.45) is 5.92 Å². The Morgan fingerprint density at radius 1 is 1.35 bits per heavy atom. The molecule has 0 aromatic rings. The zero-order chi connectivity index (χ0) is 12.7. The van der Waals surface area contributed by atoms with E-state index in [1.54, 1.807) is 12.2 Å². The Labute approximate surface area is 107 Å². The van der Waals surface area contributed by atoms with Crippen molar-refractivity contribution in [2.75, 3.05) is 20.1 Å². The summed E-state index contributed by atoms with van der Waals surface area (Å²) in [6, 6.07) is 0. The van der Waals surface area contributed by atoms with Crippen molar-refractivity contribution in [1.82, 2.24) is 4.90 Å². The highest BCUT2D eigenvalue weighted by atomic mass is 35.5. The fourth-order valence-electron chi connectivity index (χ4n) is 2.72. The summed E-state index contributed by atoms with van der Waals surface area (Å²) in [7, 11) is 2.02. The predicted octanol–water partition coefficient (Wildman–Crippen LogP) is 1.50. The van der Waals surface area contributed by atoms with E-state index in [9.17, 15) is 10.2 Å². The van der Waals surface area contributed by atoms with Crippen LogP contribution in [0, 0.1) is 5.92 Å². The summed E-state index contributed by atoms with van der Waals surface area (Å²) in [5.74, 6) is -0.126. The molecule has 17 heavy (non-hydrogen) atoms. The third-order valence-electron chi connectivity index (χ3n) is 4.16. The molecule has 2 unspecified atom stereocenters. The normalized spacial score (nSPS) is 37.9. The molecule has 2 N–H and O–H groups in total. The third-order valence-corrected chi connectivity index (χ3v) is 4.39. The van der Waals surface area contributed by atoms with Crippen LogP contribution in [0.15, 0.2) is 23.3 Å². The summed E-state index contributed by atoms with van der Waals surface area (Å²) < 4.78 is 0. The van der Waals surface area contributed by atoms with Crippen molar-refractivity contribution in [2.45, 2.75) is 31.0 Å². The predicted molar refractivity (Wildman–Crippen MR) is 68.9 cm³/mol. The largest absolute Gasteiger partial charge is 0.386 e. The Balaban J connectivity index is 2.28. The molecule has 3 nitrogen and oxygen atoms in total. The van der Waals surface area contributed by atoms with Gasteiger partial charge in [-0.15, -0.1) is 0 Å². The van der Waals surface area contributed by atoms with Gasteiger partial charge in [-0.1, -0.05) is 24.6 Å². The maximum Gasteiger partial charge on any atom is 0.119 e. The molecule has 4 heteroatoms. The first-order chi connectivity index (χ1) is 7.87. The molecule has 1 heterocycles. The van der Waals surface area contributed by atoms with Crippen molar-refractivity contribution >= 4 is 11.6 Å². The minimum Gasteiger partial charge on any atom is -0.386 e. The molecule has 0 bridgehead atoms. The first kappa shape index (κ1) is 13.1. The highest BCUT2D eigenvalue weighted by Crippen LogP contribution is 2.42. The number of nitrogens with zero attached hydrogens (tertiary/aromatic N) is 1. The standard InChI is InChI=1S/C13H20ClNO2/c1-10-3-4-11(14)9-13(10,17)12(16)5-7-15(2)8-6-12/h3-4,9-10,16-17H,5-8H2,1-2H3. The van der Waals surface area contributed by atoms with Gasteiger partial charge in [-0.2, -0.15) is 0 Å². The molecule has 0 saturated carbocycles. The summed E-state index contributed by atoms with van der Waals surface area (Å²) in [5.41, 5.74) is -2.33. The number of allylic oxidation sites excluding steroid dienone is 2. The van der Waals surface area contributed by atoms with Gasteiger partial charge >= 0.3 is 0 Å². The number of likely N-dealkylation sites (tertiary alicyclic amines) is 1. The Bertz CT molecular complexity index is 358. The van der Waals surface area contributed by atoms with Crippen molar-refractivity contribution in [3.8, 4) is 0 Å².